The molecule has 0 radical (unpaired) electrons. The third-order valence-electron chi connectivity index (χ3n) is 13.7. The van der Waals surface area contributed by atoms with Gasteiger partial charge in [-0.05, 0) is 97.4 Å². The van der Waals surface area contributed by atoms with E-state index >= 15 is 0 Å². The van der Waals surface area contributed by atoms with Crippen LogP contribution >= 0.6 is 0 Å². The average molecular weight is 568 g/mol. The summed E-state index contributed by atoms with van der Waals surface area (Å²) in [6.07, 6.45) is 12.0. The Morgan fingerprint density at radius 3 is 2.34 bits per heavy atom. The molecule has 9 atom stereocenters. The van der Waals surface area contributed by atoms with Gasteiger partial charge in [0.15, 0.2) is 5.78 Å². The number of hydrogen-bond acceptors (Lipinski definition) is 5. The molecule has 1 N–H and O–H groups in total. The number of nitrogens with one attached hydrogen (secondary N) is 1. The zero-order valence-electron chi connectivity index (χ0n) is 26.8. The molecule has 5 aliphatic carbocycles. The van der Waals surface area contributed by atoms with E-state index < -0.39 is 5.41 Å². The minimum absolute atomic E-state index is 0.0602. The number of allylic oxidation sites excluding steroid dienone is 2. The summed E-state index contributed by atoms with van der Waals surface area (Å²) < 4.78 is 5.85. The van der Waals surface area contributed by atoms with Crippen molar-refractivity contribution in [3.8, 4) is 0 Å². The fraction of sp³-hybridized carbons (Fsp3) is 0.800. The van der Waals surface area contributed by atoms with Crippen LogP contribution in [0.4, 0.5) is 0 Å². The van der Waals surface area contributed by atoms with Crippen LogP contribution in [0.15, 0.2) is 24.3 Å². The van der Waals surface area contributed by atoms with Gasteiger partial charge in [0.25, 0.3) is 0 Å². The van der Waals surface area contributed by atoms with Crippen molar-refractivity contribution in [2.24, 2.45) is 50.2 Å². The third kappa shape index (κ3) is 4.32. The SMILES string of the molecule is C=CCONC(=O)[C@@]1(C)CC[C@]2(C)CC[C@]3(C)C(=CC(=O)C4[C@@]5(C)CC[C@H](OC(C)=O)C(C)(C)C5CC[C@]43C)C2C1. The van der Waals surface area contributed by atoms with E-state index in [0.29, 0.717) is 5.92 Å². The second-order valence-corrected chi connectivity index (χ2v) is 16.2. The number of ketones is 1. The molecule has 4 saturated carbocycles. The predicted molar refractivity (Wildman–Crippen MR) is 159 cm³/mol. The van der Waals surface area contributed by atoms with Gasteiger partial charge in [0, 0.05) is 23.7 Å². The lowest BCUT2D eigenvalue weighted by atomic mass is 9.33. The smallest absolute Gasteiger partial charge is 0.302 e. The normalized spacial score (nSPS) is 46.5. The van der Waals surface area contributed by atoms with Crippen LogP contribution in [0.1, 0.15) is 113 Å². The van der Waals surface area contributed by atoms with E-state index in [1.165, 1.54) is 12.5 Å². The van der Waals surface area contributed by atoms with E-state index in [4.69, 9.17) is 9.57 Å². The molecule has 0 aromatic rings. The maximum Gasteiger partial charge on any atom is 0.302 e. The van der Waals surface area contributed by atoms with Crippen molar-refractivity contribution in [3.05, 3.63) is 24.3 Å². The first-order chi connectivity index (χ1) is 19.0. The first kappa shape index (κ1) is 30.5. The number of hydrogen-bond donors (Lipinski definition) is 1. The summed E-state index contributed by atoms with van der Waals surface area (Å²) in [5.74, 6) is 0.430. The van der Waals surface area contributed by atoms with Crippen LogP contribution in [-0.4, -0.2) is 30.4 Å². The Bertz CT molecular complexity index is 1170. The molecule has 0 aromatic carbocycles. The van der Waals surface area contributed by atoms with Gasteiger partial charge in [-0.1, -0.05) is 60.1 Å². The average Bonchev–Trinajstić information content (AvgIpc) is 2.88. The number of amides is 1. The Hall–Kier alpha value is -1.95. The number of fused-ring (bicyclic) bond motifs is 7. The van der Waals surface area contributed by atoms with Crippen molar-refractivity contribution in [1.29, 1.82) is 0 Å². The van der Waals surface area contributed by atoms with Gasteiger partial charge in [0.05, 0.1) is 6.61 Å². The number of hydroxylamine groups is 1. The van der Waals surface area contributed by atoms with Crippen LogP contribution in [0.3, 0.4) is 0 Å². The van der Waals surface area contributed by atoms with Crippen LogP contribution in [-0.2, 0) is 24.0 Å². The molecule has 0 aliphatic heterocycles. The Balaban J connectivity index is 1.52. The summed E-state index contributed by atoms with van der Waals surface area (Å²) in [6.45, 7) is 21.6. The molecule has 0 spiro atoms. The van der Waals surface area contributed by atoms with Crippen LogP contribution in [0.25, 0.3) is 0 Å². The fourth-order valence-corrected chi connectivity index (χ4v) is 11.1. The summed E-state index contributed by atoms with van der Waals surface area (Å²) in [4.78, 5) is 45.2. The molecule has 5 rings (SSSR count). The number of rotatable bonds is 5. The zero-order valence-corrected chi connectivity index (χ0v) is 26.8. The molecule has 0 saturated heterocycles. The van der Waals surface area contributed by atoms with E-state index in [1.807, 2.05) is 0 Å². The van der Waals surface area contributed by atoms with Gasteiger partial charge in [0.2, 0.25) is 5.91 Å². The molecule has 0 heterocycles. The van der Waals surface area contributed by atoms with Crippen molar-refractivity contribution in [1.82, 2.24) is 5.48 Å². The standard InChI is InChI=1S/C35H53NO5/c1-10-19-40-36-29(39)32(6)16-15-31(5)17-18-34(8)23(24(31)21-32)20-25(38)28-33(7)13-12-27(41-22(2)37)30(3,4)26(33)11-14-35(28,34)9/h10,20,24,26-28H,1,11-19,21H2,2-9H3,(H,36,39)/t24?,26?,27-,28?,31+,32-,33-,34+,35+/m0/s1. The van der Waals surface area contributed by atoms with Gasteiger partial charge in [-0.3, -0.25) is 19.2 Å². The molecule has 1 amide bonds. The summed E-state index contributed by atoms with van der Waals surface area (Å²) in [7, 11) is 0. The quantitative estimate of drug-likeness (QED) is 0.165. The molecule has 0 bridgehead atoms. The molecular formula is C35H53NO5. The molecule has 0 aromatic heterocycles. The van der Waals surface area contributed by atoms with E-state index in [2.05, 4.69) is 66.6 Å². The van der Waals surface area contributed by atoms with Crippen molar-refractivity contribution >= 4 is 17.7 Å². The van der Waals surface area contributed by atoms with Crippen molar-refractivity contribution in [2.45, 2.75) is 119 Å². The molecule has 6 heteroatoms. The highest BCUT2D eigenvalue weighted by Crippen LogP contribution is 2.75. The molecule has 3 unspecified atom stereocenters. The topological polar surface area (TPSA) is 81.7 Å². The largest absolute Gasteiger partial charge is 0.462 e. The first-order valence-electron chi connectivity index (χ1n) is 15.9. The lowest BCUT2D eigenvalue weighted by Gasteiger charge is -2.70. The van der Waals surface area contributed by atoms with Crippen LogP contribution in [0.5, 0.6) is 0 Å². The predicted octanol–water partition coefficient (Wildman–Crippen LogP) is 7.13. The highest BCUT2D eigenvalue weighted by atomic mass is 16.6. The Morgan fingerprint density at radius 1 is 1.00 bits per heavy atom. The van der Waals surface area contributed by atoms with Gasteiger partial charge in [-0.15, -0.1) is 6.58 Å². The van der Waals surface area contributed by atoms with Crippen molar-refractivity contribution in [2.75, 3.05) is 6.61 Å². The number of ether oxygens (including phenoxy) is 1. The highest BCUT2D eigenvalue weighted by molar-refractivity contribution is 5.95. The summed E-state index contributed by atoms with van der Waals surface area (Å²) in [6, 6.07) is 0. The second kappa shape index (κ2) is 9.79. The van der Waals surface area contributed by atoms with E-state index in [9.17, 15) is 14.4 Å². The van der Waals surface area contributed by atoms with E-state index in [0.717, 1.165) is 57.8 Å². The molecule has 6 nitrogen and oxygen atoms in total. The molecule has 41 heavy (non-hydrogen) atoms. The molecule has 228 valence electrons. The number of carbonyl (C=O) groups is 3. The molecular weight excluding hydrogens is 514 g/mol. The number of carbonyl (C=O) groups excluding carboxylic acids is 3. The maximum absolute atomic E-state index is 14.5. The molecule has 4 fully saturated rings. The van der Waals surface area contributed by atoms with Crippen LogP contribution in [0, 0.1) is 50.2 Å². The van der Waals surface area contributed by atoms with Gasteiger partial charge < -0.3 is 4.74 Å². The fourth-order valence-electron chi connectivity index (χ4n) is 11.1. The zero-order chi connectivity index (χ0) is 30.2. The monoisotopic (exact) mass is 567 g/mol. The first-order valence-corrected chi connectivity index (χ1v) is 15.9. The maximum atomic E-state index is 14.5. The van der Waals surface area contributed by atoms with Crippen molar-refractivity contribution < 1.29 is 24.0 Å². The number of esters is 1. The minimum Gasteiger partial charge on any atom is -0.462 e. The van der Waals surface area contributed by atoms with E-state index in [1.54, 1.807) is 6.08 Å². The summed E-state index contributed by atoms with van der Waals surface area (Å²) >= 11 is 0. The van der Waals surface area contributed by atoms with Crippen LogP contribution < -0.4 is 5.48 Å². The van der Waals surface area contributed by atoms with E-state index in [-0.39, 0.29) is 69.3 Å². The summed E-state index contributed by atoms with van der Waals surface area (Å²) in [5.41, 5.74) is 2.91. The third-order valence-corrected chi connectivity index (χ3v) is 13.7. The lowest BCUT2D eigenvalue weighted by molar-refractivity contribution is -0.210. The Labute approximate surface area is 247 Å². The molecule has 5 aliphatic rings. The Morgan fingerprint density at radius 2 is 1.68 bits per heavy atom. The van der Waals surface area contributed by atoms with Gasteiger partial charge in [-0.2, -0.15) is 0 Å². The van der Waals surface area contributed by atoms with Gasteiger partial charge >= 0.3 is 5.97 Å². The highest BCUT2D eigenvalue weighted by Gasteiger charge is 2.70. The Kier molecular flexibility index (Phi) is 7.28. The van der Waals surface area contributed by atoms with Gasteiger partial charge in [0.1, 0.15) is 6.10 Å². The van der Waals surface area contributed by atoms with Crippen molar-refractivity contribution in [3.63, 3.8) is 0 Å². The second-order valence-electron chi connectivity index (χ2n) is 16.2. The minimum atomic E-state index is -0.548. The van der Waals surface area contributed by atoms with Gasteiger partial charge in [-0.25, -0.2) is 5.48 Å². The lowest BCUT2D eigenvalue weighted by Crippen LogP contribution is -2.66. The van der Waals surface area contributed by atoms with Crippen LogP contribution in [0.2, 0.25) is 0 Å². The summed E-state index contributed by atoms with van der Waals surface area (Å²) in [5, 5.41) is 0.